The van der Waals surface area contributed by atoms with E-state index >= 15 is 0 Å². The van der Waals surface area contributed by atoms with Gasteiger partial charge in [0.15, 0.2) is 0 Å². The van der Waals surface area contributed by atoms with Crippen molar-refractivity contribution in [1.29, 1.82) is 0 Å². The number of alkyl halides is 2. The summed E-state index contributed by atoms with van der Waals surface area (Å²) in [5.41, 5.74) is 0.670. The molecule has 6 heteroatoms. The van der Waals surface area contributed by atoms with E-state index in [4.69, 9.17) is 0 Å². The Morgan fingerprint density at radius 3 is 2.90 bits per heavy atom. The number of benzene rings is 1. The topological polar surface area (TPSA) is 58.6 Å². The van der Waals surface area contributed by atoms with Gasteiger partial charge in [0.25, 0.3) is 0 Å². The molecule has 1 aliphatic carbocycles. The second kappa shape index (κ2) is 6.65. The van der Waals surface area contributed by atoms with Crippen molar-refractivity contribution in [1.82, 2.24) is 5.32 Å². The van der Waals surface area contributed by atoms with Gasteiger partial charge in [-0.3, -0.25) is 4.79 Å². The summed E-state index contributed by atoms with van der Waals surface area (Å²) in [6.07, 6.45) is 1.59. The third kappa shape index (κ3) is 3.90. The van der Waals surface area contributed by atoms with E-state index in [1.165, 1.54) is 12.1 Å². The number of hydrogen-bond donors (Lipinski definition) is 2. The standard InChI is InChI=1S/C14H17F2NO3/c15-14(16)20-10-4-1-3-9(7-10)8-17-13(19)11-5-2-6-12(11)18/h1,3-4,7,11-12,14,18H,2,5-6,8H2,(H,17,19). The van der Waals surface area contributed by atoms with Crippen molar-refractivity contribution in [2.24, 2.45) is 5.92 Å². The van der Waals surface area contributed by atoms with Crippen LogP contribution in [0.3, 0.4) is 0 Å². The molecule has 2 rings (SSSR count). The molecule has 0 saturated heterocycles. The predicted octanol–water partition coefficient (Wildman–Crippen LogP) is 2.07. The number of aliphatic hydroxyl groups is 1. The fourth-order valence-electron chi connectivity index (χ4n) is 2.40. The van der Waals surface area contributed by atoms with Gasteiger partial charge in [0.2, 0.25) is 5.91 Å². The van der Waals surface area contributed by atoms with Gasteiger partial charge < -0.3 is 15.2 Å². The van der Waals surface area contributed by atoms with Crippen LogP contribution in [0.5, 0.6) is 5.75 Å². The van der Waals surface area contributed by atoms with E-state index in [0.717, 1.165) is 6.42 Å². The maximum absolute atomic E-state index is 12.1. The molecule has 0 spiro atoms. The Hall–Kier alpha value is -1.69. The summed E-state index contributed by atoms with van der Waals surface area (Å²) in [5, 5.41) is 12.3. The fraction of sp³-hybridized carbons (Fsp3) is 0.500. The van der Waals surface area contributed by atoms with Crippen molar-refractivity contribution in [3.63, 3.8) is 0 Å². The van der Waals surface area contributed by atoms with Gasteiger partial charge in [0.05, 0.1) is 12.0 Å². The molecule has 1 saturated carbocycles. The minimum atomic E-state index is -2.87. The zero-order valence-electron chi connectivity index (χ0n) is 10.9. The molecule has 2 atom stereocenters. The van der Waals surface area contributed by atoms with Crippen LogP contribution in [0.1, 0.15) is 24.8 Å². The molecule has 2 N–H and O–H groups in total. The van der Waals surface area contributed by atoms with Gasteiger partial charge in [-0.15, -0.1) is 0 Å². The second-order valence-corrected chi connectivity index (χ2v) is 4.85. The first-order valence-electron chi connectivity index (χ1n) is 6.56. The zero-order valence-corrected chi connectivity index (χ0v) is 10.9. The number of nitrogens with one attached hydrogen (secondary N) is 1. The van der Waals surface area contributed by atoms with Crippen LogP contribution in [0.4, 0.5) is 8.78 Å². The number of rotatable bonds is 5. The third-order valence-corrected chi connectivity index (χ3v) is 3.41. The molecule has 20 heavy (non-hydrogen) atoms. The van der Waals surface area contributed by atoms with Gasteiger partial charge in [-0.25, -0.2) is 0 Å². The highest BCUT2D eigenvalue weighted by atomic mass is 19.3. The molecular formula is C14H17F2NO3. The first-order valence-corrected chi connectivity index (χ1v) is 6.56. The van der Waals surface area contributed by atoms with Gasteiger partial charge in [0, 0.05) is 6.54 Å². The molecule has 4 nitrogen and oxygen atoms in total. The van der Waals surface area contributed by atoms with Crippen molar-refractivity contribution in [3.05, 3.63) is 29.8 Å². The summed E-state index contributed by atoms with van der Waals surface area (Å²) in [6.45, 7) is -2.64. The Balaban J connectivity index is 1.88. The van der Waals surface area contributed by atoms with Crippen LogP contribution in [0.15, 0.2) is 24.3 Å². The van der Waals surface area contributed by atoms with Gasteiger partial charge >= 0.3 is 6.61 Å². The molecular weight excluding hydrogens is 268 g/mol. The molecule has 0 aromatic heterocycles. The minimum Gasteiger partial charge on any atom is -0.435 e. The number of ether oxygens (including phenoxy) is 1. The number of carbonyl (C=O) groups is 1. The van der Waals surface area contributed by atoms with Crippen LogP contribution in [-0.2, 0) is 11.3 Å². The van der Waals surface area contributed by atoms with Crippen LogP contribution >= 0.6 is 0 Å². The van der Waals surface area contributed by atoms with Crippen LogP contribution in [0, 0.1) is 5.92 Å². The van der Waals surface area contributed by atoms with E-state index < -0.39 is 12.7 Å². The first kappa shape index (κ1) is 14.7. The van der Waals surface area contributed by atoms with E-state index in [0.29, 0.717) is 18.4 Å². The van der Waals surface area contributed by atoms with Crippen LogP contribution in [-0.4, -0.2) is 23.7 Å². The van der Waals surface area contributed by atoms with Crippen LogP contribution < -0.4 is 10.1 Å². The van der Waals surface area contributed by atoms with Gasteiger partial charge in [-0.1, -0.05) is 12.1 Å². The SMILES string of the molecule is O=C(NCc1cccc(OC(F)F)c1)C1CCCC1O. The van der Waals surface area contributed by atoms with Crippen molar-refractivity contribution in [3.8, 4) is 5.75 Å². The maximum Gasteiger partial charge on any atom is 0.387 e. The number of halogens is 2. The van der Waals surface area contributed by atoms with E-state index in [9.17, 15) is 18.7 Å². The van der Waals surface area contributed by atoms with Crippen LogP contribution in [0.25, 0.3) is 0 Å². The summed E-state index contributed by atoms with van der Waals surface area (Å²) < 4.78 is 28.5. The van der Waals surface area contributed by atoms with Crippen molar-refractivity contribution < 1.29 is 23.4 Å². The van der Waals surface area contributed by atoms with Gasteiger partial charge in [0.1, 0.15) is 5.75 Å². The van der Waals surface area contributed by atoms with Crippen LogP contribution in [0.2, 0.25) is 0 Å². The van der Waals surface area contributed by atoms with Crippen molar-refractivity contribution in [2.75, 3.05) is 0 Å². The average molecular weight is 285 g/mol. The lowest BCUT2D eigenvalue weighted by atomic mass is 10.1. The lowest BCUT2D eigenvalue weighted by Gasteiger charge is -2.14. The van der Waals surface area contributed by atoms with E-state index in [2.05, 4.69) is 10.1 Å². The Bertz CT molecular complexity index is 467. The minimum absolute atomic E-state index is 0.0626. The molecule has 0 radical (unpaired) electrons. The Kier molecular flexibility index (Phi) is 4.89. The zero-order chi connectivity index (χ0) is 14.5. The molecule has 2 unspecified atom stereocenters. The quantitative estimate of drug-likeness (QED) is 0.870. The Labute approximate surface area is 115 Å². The fourth-order valence-corrected chi connectivity index (χ4v) is 2.40. The number of amides is 1. The second-order valence-electron chi connectivity index (χ2n) is 4.85. The summed E-state index contributed by atoms with van der Waals surface area (Å²) in [6, 6.07) is 6.18. The lowest BCUT2D eigenvalue weighted by molar-refractivity contribution is -0.127. The smallest absolute Gasteiger partial charge is 0.387 e. The molecule has 0 heterocycles. The normalized spacial score (nSPS) is 22.0. The highest BCUT2D eigenvalue weighted by Crippen LogP contribution is 2.25. The number of hydrogen-bond acceptors (Lipinski definition) is 3. The van der Waals surface area contributed by atoms with Crippen molar-refractivity contribution in [2.45, 2.75) is 38.5 Å². The van der Waals surface area contributed by atoms with Crippen molar-refractivity contribution >= 4 is 5.91 Å². The average Bonchev–Trinajstić information content (AvgIpc) is 2.82. The highest BCUT2D eigenvalue weighted by Gasteiger charge is 2.31. The van der Waals surface area contributed by atoms with E-state index in [-0.39, 0.29) is 24.1 Å². The maximum atomic E-state index is 12.1. The first-order chi connectivity index (χ1) is 9.56. The molecule has 110 valence electrons. The lowest BCUT2D eigenvalue weighted by Crippen LogP contribution is -2.34. The van der Waals surface area contributed by atoms with Gasteiger partial charge in [-0.05, 0) is 37.0 Å². The van der Waals surface area contributed by atoms with Gasteiger partial charge in [-0.2, -0.15) is 8.78 Å². The summed E-state index contributed by atoms with van der Waals surface area (Å²) >= 11 is 0. The molecule has 1 amide bonds. The molecule has 1 aliphatic rings. The van der Waals surface area contributed by atoms with E-state index in [1.54, 1.807) is 12.1 Å². The largest absolute Gasteiger partial charge is 0.435 e. The third-order valence-electron chi connectivity index (χ3n) is 3.41. The molecule has 0 aliphatic heterocycles. The number of aliphatic hydroxyl groups excluding tert-OH is 1. The monoisotopic (exact) mass is 285 g/mol. The molecule has 0 bridgehead atoms. The molecule has 1 aromatic rings. The number of carbonyl (C=O) groups excluding carboxylic acids is 1. The summed E-state index contributed by atoms with van der Waals surface area (Å²) in [5.74, 6) is -0.502. The Morgan fingerprint density at radius 1 is 1.45 bits per heavy atom. The Morgan fingerprint density at radius 2 is 2.25 bits per heavy atom. The molecule has 1 aromatic carbocycles. The highest BCUT2D eigenvalue weighted by molar-refractivity contribution is 5.79. The van der Waals surface area contributed by atoms with E-state index in [1.807, 2.05) is 0 Å². The summed E-state index contributed by atoms with van der Waals surface area (Å²) in [4.78, 5) is 11.9. The molecule has 1 fully saturated rings. The summed E-state index contributed by atoms with van der Waals surface area (Å²) in [7, 11) is 0. The predicted molar refractivity (Wildman–Crippen MR) is 68.3 cm³/mol.